The SMILES string of the molecule is O=C(COC(=O)c1ccc(CO)cc1)NCCC1=CCCCC1. The molecule has 0 heterocycles. The summed E-state index contributed by atoms with van der Waals surface area (Å²) in [5.41, 5.74) is 2.48. The van der Waals surface area contributed by atoms with Crippen molar-refractivity contribution >= 4 is 11.9 Å². The van der Waals surface area contributed by atoms with Gasteiger partial charge in [-0.1, -0.05) is 23.8 Å². The summed E-state index contributed by atoms with van der Waals surface area (Å²) in [7, 11) is 0. The number of hydrogen-bond acceptors (Lipinski definition) is 4. The second-order valence-corrected chi connectivity index (χ2v) is 5.64. The number of esters is 1. The molecule has 0 spiro atoms. The van der Waals surface area contributed by atoms with Crippen molar-refractivity contribution in [3.8, 4) is 0 Å². The van der Waals surface area contributed by atoms with Crippen molar-refractivity contribution in [3.05, 3.63) is 47.0 Å². The molecule has 0 aromatic heterocycles. The van der Waals surface area contributed by atoms with E-state index in [1.807, 2.05) is 0 Å². The molecule has 5 nitrogen and oxygen atoms in total. The van der Waals surface area contributed by atoms with E-state index in [9.17, 15) is 9.59 Å². The van der Waals surface area contributed by atoms with Gasteiger partial charge in [0.25, 0.3) is 5.91 Å². The van der Waals surface area contributed by atoms with Gasteiger partial charge in [-0.25, -0.2) is 4.79 Å². The lowest BCUT2D eigenvalue weighted by Crippen LogP contribution is -2.29. The van der Waals surface area contributed by atoms with Gasteiger partial charge in [-0.3, -0.25) is 4.79 Å². The first-order valence-electron chi connectivity index (χ1n) is 8.00. The molecule has 1 aromatic rings. The number of amides is 1. The smallest absolute Gasteiger partial charge is 0.338 e. The summed E-state index contributed by atoms with van der Waals surface area (Å²) >= 11 is 0. The summed E-state index contributed by atoms with van der Waals surface area (Å²) in [5.74, 6) is -0.832. The molecule has 0 fully saturated rings. The summed E-state index contributed by atoms with van der Waals surface area (Å²) in [6, 6.07) is 6.44. The maximum Gasteiger partial charge on any atom is 0.338 e. The molecule has 0 unspecified atom stereocenters. The van der Waals surface area contributed by atoms with E-state index in [-0.39, 0.29) is 19.1 Å². The Kier molecular flexibility index (Phi) is 6.81. The molecule has 0 bridgehead atoms. The lowest BCUT2D eigenvalue weighted by Gasteiger charge is -2.13. The molecule has 1 aromatic carbocycles. The Morgan fingerprint density at radius 3 is 2.61 bits per heavy atom. The van der Waals surface area contributed by atoms with Crippen LogP contribution in [0.15, 0.2) is 35.9 Å². The molecular weight excluding hydrogens is 294 g/mol. The fourth-order valence-electron chi connectivity index (χ4n) is 2.51. The van der Waals surface area contributed by atoms with Crippen molar-refractivity contribution < 1.29 is 19.4 Å². The van der Waals surface area contributed by atoms with E-state index in [0.29, 0.717) is 12.1 Å². The number of nitrogens with one attached hydrogen (secondary N) is 1. The predicted octanol–water partition coefficient (Wildman–Crippen LogP) is 2.34. The first-order chi connectivity index (χ1) is 11.2. The summed E-state index contributed by atoms with van der Waals surface area (Å²) in [6.07, 6.45) is 7.86. The van der Waals surface area contributed by atoms with Crippen LogP contribution in [0.3, 0.4) is 0 Å². The van der Waals surface area contributed by atoms with E-state index in [4.69, 9.17) is 9.84 Å². The number of carbonyl (C=O) groups excluding carboxylic acids is 2. The minimum Gasteiger partial charge on any atom is -0.452 e. The normalized spacial score (nSPS) is 14.0. The lowest BCUT2D eigenvalue weighted by atomic mass is 9.97. The third-order valence-corrected chi connectivity index (χ3v) is 3.86. The van der Waals surface area contributed by atoms with Crippen molar-refractivity contribution in [2.45, 2.75) is 38.7 Å². The molecule has 2 rings (SSSR count). The molecule has 0 aliphatic heterocycles. The zero-order chi connectivity index (χ0) is 16.5. The topological polar surface area (TPSA) is 75.6 Å². The number of rotatable bonds is 7. The number of benzene rings is 1. The van der Waals surface area contributed by atoms with Crippen molar-refractivity contribution in [1.82, 2.24) is 5.32 Å². The van der Waals surface area contributed by atoms with Gasteiger partial charge in [-0.15, -0.1) is 0 Å². The van der Waals surface area contributed by atoms with Gasteiger partial charge in [0, 0.05) is 6.54 Å². The van der Waals surface area contributed by atoms with Gasteiger partial charge in [0.15, 0.2) is 6.61 Å². The molecule has 5 heteroatoms. The van der Waals surface area contributed by atoms with E-state index in [0.717, 1.165) is 24.8 Å². The maximum absolute atomic E-state index is 11.8. The lowest BCUT2D eigenvalue weighted by molar-refractivity contribution is -0.124. The molecule has 124 valence electrons. The molecule has 1 amide bonds. The highest BCUT2D eigenvalue weighted by Crippen LogP contribution is 2.19. The maximum atomic E-state index is 11.8. The van der Waals surface area contributed by atoms with Crippen LogP contribution in [0, 0.1) is 0 Å². The fraction of sp³-hybridized carbons (Fsp3) is 0.444. The van der Waals surface area contributed by atoms with Crippen LogP contribution in [-0.4, -0.2) is 30.1 Å². The average Bonchev–Trinajstić information content (AvgIpc) is 2.60. The molecule has 2 N–H and O–H groups in total. The van der Waals surface area contributed by atoms with Gasteiger partial charge >= 0.3 is 5.97 Å². The first-order valence-corrected chi connectivity index (χ1v) is 8.00. The summed E-state index contributed by atoms with van der Waals surface area (Å²) in [4.78, 5) is 23.5. The van der Waals surface area contributed by atoms with Gasteiger partial charge < -0.3 is 15.2 Å². The van der Waals surface area contributed by atoms with Crippen LogP contribution in [0.25, 0.3) is 0 Å². The molecular formula is C18H23NO4. The molecule has 1 aliphatic carbocycles. The van der Waals surface area contributed by atoms with Crippen molar-refractivity contribution in [2.24, 2.45) is 0 Å². The van der Waals surface area contributed by atoms with Gasteiger partial charge in [-0.2, -0.15) is 0 Å². The van der Waals surface area contributed by atoms with E-state index < -0.39 is 5.97 Å². The van der Waals surface area contributed by atoms with E-state index >= 15 is 0 Å². The van der Waals surface area contributed by atoms with Crippen LogP contribution >= 0.6 is 0 Å². The fourth-order valence-corrected chi connectivity index (χ4v) is 2.51. The molecule has 1 aliphatic rings. The Morgan fingerprint density at radius 1 is 1.17 bits per heavy atom. The standard InChI is InChI=1S/C18H23NO4/c20-12-15-6-8-16(9-7-15)18(22)23-13-17(21)19-11-10-14-4-2-1-3-5-14/h4,6-9,20H,1-3,5,10-13H2,(H,19,21). The molecule has 0 saturated heterocycles. The van der Waals surface area contributed by atoms with Crippen LogP contribution in [0.1, 0.15) is 48.0 Å². The van der Waals surface area contributed by atoms with Crippen LogP contribution in [-0.2, 0) is 16.1 Å². The Hall–Kier alpha value is -2.14. The largest absolute Gasteiger partial charge is 0.452 e. The van der Waals surface area contributed by atoms with E-state index in [2.05, 4.69) is 11.4 Å². The minimum absolute atomic E-state index is 0.0752. The highest BCUT2D eigenvalue weighted by atomic mass is 16.5. The Labute approximate surface area is 136 Å². The Bertz CT molecular complexity index is 563. The third-order valence-electron chi connectivity index (χ3n) is 3.86. The monoisotopic (exact) mass is 317 g/mol. The van der Waals surface area contributed by atoms with Crippen molar-refractivity contribution in [2.75, 3.05) is 13.2 Å². The highest BCUT2D eigenvalue weighted by Gasteiger charge is 2.10. The average molecular weight is 317 g/mol. The zero-order valence-corrected chi connectivity index (χ0v) is 13.2. The van der Waals surface area contributed by atoms with E-state index in [1.165, 1.54) is 18.4 Å². The van der Waals surface area contributed by atoms with Crippen LogP contribution < -0.4 is 5.32 Å². The molecule has 0 saturated carbocycles. The number of allylic oxidation sites excluding steroid dienone is 1. The van der Waals surface area contributed by atoms with Crippen molar-refractivity contribution in [1.29, 1.82) is 0 Å². The van der Waals surface area contributed by atoms with Gasteiger partial charge in [0.2, 0.25) is 0 Å². The first kappa shape index (κ1) is 17.2. The highest BCUT2D eigenvalue weighted by molar-refractivity contribution is 5.91. The van der Waals surface area contributed by atoms with Crippen LogP contribution in [0.5, 0.6) is 0 Å². The van der Waals surface area contributed by atoms with E-state index in [1.54, 1.807) is 24.3 Å². The minimum atomic E-state index is -0.542. The summed E-state index contributed by atoms with van der Waals surface area (Å²) in [6.45, 7) is 0.223. The molecule has 0 radical (unpaired) electrons. The van der Waals surface area contributed by atoms with Crippen LogP contribution in [0.2, 0.25) is 0 Å². The second kappa shape index (κ2) is 9.10. The van der Waals surface area contributed by atoms with Gasteiger partial charge in [-0.05, 0) is 49.8 Å². The Morgan fingerprint density at radius 2 is 1.96 bits per heavy atom. The second-order valence-electron chi connectivity index (χ2n) is 5.64. The number of hydrogen-bond donors (Lipinski definition) is 2. The van der Waals surface area contributed by atoms with Crippen LogP contribution in [0.4, 0.5) is 0 Å². The quantitative estimate of drug-likeness (QED) is 0.598. The summed E-state index contributed by atoms with van der Waals surface area (Å²) in [5, 5.41) is 11.7. The number of ether oxygens (including phenoxy) is 1. The molecule has 0 atom stereocenters. The number of aliphatic hydroxyl groups excluding tert-OH is 1. The number of carbonyl (C=O) groups is 2. The third kappa shape index (κ3) is 5.87. The Balaban J connectivity index is 1.66. The van der Waals surface area contributed by atoms with Crippen molar-refractivity contribution in [3.63, 3.8) is 0 Å². The number of aliphatic hydroxyl groups is 1. The van der Waals surface area contributed by atoms with Gasteiger partial charge in [0.1, 0.15) is 0 Å². The summed E-state index contributed by atoms with van der Waals surface area (Å²) < 4.78 is 4.98. The molecule has 23 heavy (non-hydrogen) atoms. The zero-order valence-electron chi connectivity index (χ0n) is 13.2. The predicted molar refractivity (Wildman–Crippen MR) is 86.8 cm³/mol. The van der Waals surface area contributed by atoms with Gasteiger partial charge in [0.05, 0.1) is 12.2 Å².